The summed E-state index contributed by atoms with van der Waals surface area (Å²) in [6, 6.07) is 20.4. The summed E-state index contributed by atoms with van der Waals surface area (Å²) in [5, 5.41) is 15.9. The maximum Gasteiger partial charge on any atom is 0.119 e. The van der Waals surface area contributed by atoms with Gasteiger partial charge in [0.1, 0.15) is 18.2 Å². The second-order valence-corrected chi connectivity index (χ2v) is 8.86. The highest BCUT2D eigenvalue weighted by atomic mass is 16.5. The maximum atomic E-state index is 8.95. The van der Waals surface area contributed by atoms with E-state index in [9.17, 15) is 0 Å². The van der Waals surface area contributed by atoms with Gasteiger partial charge in [-0.25, -0.2) is 0 Å². The Morgan fingerprint density at radius 3 is 2.38 bits per heavy atom. The molecule has 0 radical (unpaired) electrons. The highest BCUT2D eigenvalue weighted by Gasteiger charge is 2.22. The minimum Gasteiger partial charge on any atom is -0.489 e. The van der Waals surface area contributed by atoms with Gasteiger partial charge in [-0.2, -0.15) is 0 Å². The smallest absolute Gasteiger partial charge is 0.119 e. The van der Waals surface area contributed by atoms with Gasteiger partial charge in [0.05, 0.1) is 5.71 Å². The van der Waals surface area contributed by atoms with Gasteiger partial charge in [-0.15, -0.1) is 0 Å². The molecule has 0 bridgehead atoms. The fourth-order valence-corrected chi connectivity index (χ4v) is 4.00. The average Bonchev–Trinajstić information content (AvgIpc) is 2.89. The summed E-state index contributed by atoms with van der Waals surface area (Å²) in [6.07, 6.45) is 4.36. The van der Waals surface area contributed by atoms with E-state index in [1.54, 1.807) is 12.4 Å². The molecular weight excluding hydrogens is 422 g/mol. The monoisotopic (exact) mass is 455 g/mol. The molecule has 0 aliphatic carbocycles. The molecule has 0 amide bonds. The largest absolute Gasteiger partial charge is 0.489 e. The Hall–Kier alpha value is -3.64. The van der Waals surface area contributed by atoms with Crippen LogP contribution in [0.4, 0.5) is 0 Å². The van der Waals surface area contributed by atoms with Crippen LogP contribution in [0.2, 0.25) is 0 Å². The lowest BCUT2D eigenvalue weighted by Gasteiger charge is -2.30. The standard InChI is InChI=1S/C28H33N5O/c1-19(2)21-5-3-20(4-6-21)18-34-25-9-7-22(8-10-25)26(27(30)23-11-14-31-15-12-23)28-32-16-13-24(17-29)33-28/h3-12,14-15,19,24,30,32-33H,13,16-18,29H2,1-2H3/b28-26-,30-27?. The lowest BCUT2D eigenvalue weighted by Crippen LogP contribution is -2.47. The fourth-order valence-electron chi connectivity index (χ4n) is 4.00. The van der Waals surface area contributed by atoms with Crippen LogP contribution in [0.15, 0.2) is 78.9 Å². The van der Waals surface area contributed by atoms with E-state index in [4.69, 9.17) is 15.9 Å². The molecule has 1 unspecified atom stereocenters. The van der Waals surface area contributed by atoms with Gasteiger partial charge in [0, 0.05) is 42.7 Å². The summed E-state index contributed by atoms with van der Waals surface area (Å²) >= 11 is 0. The van der Waals surface area contributed by atoms with Crippen molar-refractivity contribution in [2.75, 3.05) is 13.1 Å². The molecule has 1 fully saturated rings. The molecule has 6 heteroatoms. The highest BCUT2D eigenvalue weighted by Crippen LogP contribution is 2.26. The number of pyridine rings is 1. The van der Waals surface area contributed by atoms with Gasteiger partial charge in [0.25, 0.3) is 0 Å². The Morgan fingerprint density at radius 1 is 1.03 bits per heavy atom. The zero-order chi connectivity index (χ0) is 23.9. The first kappa shape index (κ1) is 23.5. The van der Waals surface area contributed by atoms with Crippen LogP contribution in [0.1, 0.15) is 48.4 Å². The quantitative estimate of drug-likeness (QED) is 0.377. The van der Waals surface area contributed by atoms with Crippen LogP contribution in [0, 0.1) is 5.41 Å². The molecule has 3 aromatic rings. The molecule has 2 aromatic carbocycles. The van der Waals surface area contributed by atoms with Crippen LogP contribution in [0.5, 0.6) is 5.75 Å². The summed E-state index contributed by atoms with van der Waals surface area (Å²) in [5.74, 6) is 2.15. The number of aromatic nitrogens is 1. The normalized spacial score (nSPS) is 17.0. The van der Waals surface area contributed by atoms with E-state index < -0.39 is 0 Å². The minimum absolute atomic E-state index is 0.182. The number of rotatable bonds is 8. The number of hydrogen-bond donors (Lipinski definition) is 4. The molecule has 4 rings (SSSR count). The van der Waals surface area contributed by atoms with Gasteiger partial charge in [0.2, 0.25) is 0 Å². The molecule has 0 spiro atoms. The molecule has 34 heavy (non-hydrogen) atoms. The van der Waals surface area contributed by atoms with Gasteiger partial charge in [0.15, 0.2) is 0 Å². The molecule has 176 valence electrons. The number of nitrogens with zero attached hydrogens (tertiary/aromatic N) is 1. The Balaban J connectivity index is 1.55. The molecule has 1 atom stereocenters. The first-order valence-electron chi connectivity index (χ1n) is 11.8. The number of nitrogens with two attached hydrogens (primary N) is 1. The van der Waals surface area contributed by atoms with Crippen LogP contribution in [0.3, 0.4) is 0 Å². The molecular formula is C28H33N5O. The first-order chi connectivity index (χ1) is 16.5. The van der Waals surface area contributed by atoms with Gasteiger partial charge < -0.3 is 21.1 Å². The van der Waals surface area contributed by atoms with Crippen LogP contribution in [-0.2, 0) is 6.61 Å². The van der Waals surface area contributed by atoms with Gasteiger partial charge in [-0.05, 0) is 53.3 Å². The number of ether oxygens (including phenoxy) is 1. The van der Waals surface area contributed by atoms with Crippen LogP contribution in [0.25, 0.3) is 5.57 Å². The van der Waals surface area contributed by atoms with Crippen molar-refractivity contribution in [2.45, 2.75) is 38.8 Å². The Morgan fingerprint density at radius 2 is 1.74 bits per heavy atom. The summed E-state index contributed by atoms with van der Waals surface area (Å²) in [4.78, 5) is 4.09. The van der Waals surface area contributed by atoms with Gasteiger partial charge in [-0.1, -0.05) is 50.2 Å². The second kappa shape index (κ2) is 11.0. The fraction of sp³-hybridized carbons (Fsp3) is 0.286. The Bertz CT molecular complexity index is 1120. The van der Waals surface area contributed by atoms with Crippen molar-refractivity contribution in [1.82, 2.24) is 15.6 Å². The zero-order valence-corrected chi connectivity index (χ0v) is 19.8. The maximum absolute atomic E-state index is 8.95. The van der Waals surface area contributed by atoms with Gasteiger partial charge in [-0.3, -0.25) is 10.4 Å². The highest BCUT2D eigenvalue weighted by molar-refractivity contribution is 6.30. The molecule has 1 aliphatic rings. The van der Waals surface area contributed by atoms with Crippen LogP contribution < -0.4 is 21.1 Å². The molecule has 1 saturated heterocycles. The van der Waals surface area contributed by atoms with Crippen molar-refractivity contribution in [3.8, 4) is 5.75 Å². The van der Waals surface area contributed by atoms with Gasteiger partial charge >= 0.3 is 0 Å². The number of benzene rings is 2. The molecule has 5 N–H and O–H groups in total. The molecule has 2 heterocycles. The average molecular weight is 456 g/mol. The summed E-state index contributed by atoms with van der Waals surface area (Å²) in [7, 11) is 0. The topological polar surface area (TPSA) is 96.0 Å². The minimum atomic E-state index is 0.182. The molecule has 0 saturated carbocycles. The lowest BCUT2D eigenvalue weighted by atomic mass is 9.95. The van der Waals surface area contributed by atoms with Crippen molar-refractivity contribution in [3.63, 3.8) is 0 Å². The molecule has 1 aromatic heterocycles. The number of hydrogen-bond acceptors (Lipinski definition) is 6. The third-order valence-corrected chi connectivity index (χ3v) is 6.09. The first-order valence-corrected chi connectivity index (χ1v) is 11.8. The molecule has 6 nitrogen and oxygen atoms in total. The third kappa shape index (κ3) is 5.64. The lowest BCUT2D eigenvalue weighted by molar-refractivity contribution is 0.306. The van der Waals surface area contributed by atoms with Crippen LogP contribution in [-0.4, -0.2) is 29.8 Å². The SMILES string of the molecule is CC(C)c1ccc(COc2ccc(/C(C(=N)c3ccncc3)=C3\NCCC(CN)N3)cc2)cc1. The number of allylic oxidation sites excluding steroid dienone is 1. The van der Waals surface area contributed by atoms with E-state index in [0.717, 1.165) is 46.8 Å². The van der Waals surface area contributed by atoms with Crippen molar-refractivity contribution in [2.24, 2.45) is 5.73 Å². The van der Waals surface area contributed by atoms with E-state index in [2.05, 4.69) is 53.7 Å². The van der Waals surface area contributed by atoms with Crippen molar-refractivity contribution in [3.05, 3.63) is 101 Å². The zero-order valence-electron chi connectivity index (χ0n) is 19.8. The van der Waals surface area contributed by atoms with Crippen molar-refractivity contribution >= 4 is 11.3 Å². The van der Waals surface area contributed by atoms with Crippen LogP contribution >= 0.6 is 0 Å². The molecule has 1 aliphatic heterocycles. The second-order valence-electron chi connectivity index (χ2n) is 8.86. The van der Waals surface area contributed by atoms with Crippen molar-refractivity contribution < 1.29 is 4.74 Å². The summed E-state index contributed by atoms with van der Waals surface area (Å²) in [5.41, 5.74) is 11.4. The third-order valence-electron chi connectivity index (χ3n) is 6.09. The summed E-state index contributed by atoms with van der Waals surface area (Å²) in [6.45, 7) is 6.26. The van der Waals surface area contributed by atoms with E-state index >= 15 is 0 Å². The number of nitrogens with one attached hydrogen (secondary N) is 3. The van der Waals surface area contributed by atoms with E-state index in [1.165, 1.54) is 5.56 Å². The van der Waals surface area contributed by atoms with Crippen molar-refractivity contribution in [1.29, 1.82) is 5.41 Å². The van der Waals surface area contributed by atoms with E-state index in [0.29, 0.717) is 24.8 Å². The van der Waals surface area contributed by atoms with E-state index in [1.807, 2.05) is 36.4 Å². The predicted octanol–water partition coefficient (Wildman–Crippen LogP) is 4.43. The Kier molecular flexibility index (Phi) is 7.60. The van der Waals surface area contributed by atoms with E-state index in [-0.39, 0.29) is 6.04 Å². The summed E-state index contributed by atoms with van der Waals surface area (Å²) < 4.78 is 6.03. The predicted molar refractivity (Wildman–Crippen MR) is 138 cm³/mol. The Labute approximate surface area is 201 Å².